The first kappa shape index (κ1) is 22.2. The fourth-order valence-corrected chi connectivity index (χ4v) is 7.60. The van der Waals surface area contributed by atoms with E-state index in [0.717, 1.165) is 34.6 Å². The highest BCUT2D eigenvalue weighted by Crippen LogP contribution is 2.61. The molecule has 0 amide bonds. The van der Waals surface area contributed by atoms with Crippen LogP contribution in [0.15, 0.2) is 66.7 Å². The Labute approximate surface area is 206 Å². The van der Waals surface area contributed by atoms with Crippen molar-refractivity contribution in [2.75, 3.05) is 7.11 Å². The lowest BCUT2D eigenvalue weighted by Crippen LogP contribution is -2.48. The molecule has 0 heterocycles. The van der Waals surface area contributed by atoms with Gasteiger partial charge in [0.2, 0.25) is 0 Å². The maximum absolute atomic E-state index is 11.9. The van der Waals surface area contributed by atoms with E-state index >= 15 is 0 Å². The van der Waals surface area contributed by atoms with E-state index < -0.39 is 5.97 Å². The Morgan fingerprint density at radius 3 is 2.20 bits per heavy atom. The van der Waals surface area contributed by atoms with Crippen molar-refractivity contribution in [1.29, 1.82) is 0 Å². The molecule has 0 saturated heterocycles. The van der Waals surface area contributed by atoms with Crippen LogP contribution in [0, 0.1) is 17.8 Å². The molecule has 3 aromatic rings. The Morgan fingerprint density at radius 1 is 0.886 bits per heavy atom. The van der Waals surface area contributed by atoms with Crippen LogP contribution in [0.4, 0.5) is 0 Å². The highest BCUT2D eigenvalue weighted by molar-refractivity contribution is 5.98. The maximum atomic E-state index is 11.9. The minimum atomic E-state index is -0.962. The van der Waals surface area contributed by atoms with Crippen molar-refractivity contribution in [2.45, 2.75) is 50.5 Å². The zero-order chi connectivity index (χ0) is 24.0. The second-order valence-electron chi connectivity index (χ2n) is 10.9. The summed E-state index contributed by atoms with van der Waals surface area (Å²) in [5.74, 6) is 3.22. The number of rotatable bonds is 7. The largest absolute Gasteiger partial charge is 0.496 e. The van der Waals surface area contributed by atoms with Crippen molar-refractivity contribution >= 4 is 5.97 Å². The average molecular weight is 469 g/mol. The van der Waals surface area contributed by atoms with Crippen molar-refractivity contribution in [3.63, 3.8) is 0 Å². The van der Waals surface area contributed by atoms with E-state index in [0.29, 0.717) is 17.9 Å². The summed E-state index contributed by atoms with van der Waals surface area (Å²) in [6.45, 7) is 0.348. The van der Waals surface area contributed by atoms with Crippen LogP contribution in [0.3, 0.4) is 0 Å². The Hall–Kier alpha value is -3.27. The number of methoxy groups -OCH3 is 1. The second-order valence-corrected chi connectivity index (χ2v) is 10.9. The Balaban J connectivity index is 1.28. The SMILES string of the molecule is COc1cc(COc2cccc(C(=O)O)c2-c2ccccc2)ccc1C12CC3CC(CC(C3)C1)C2. The standard InChI is InChI=1S/C31H32O4/c1-34-28-15-20(10-11-26(28)31-16-21-12-22(17-31)14-23(13-21)18-31)19-35-27-9-5-8-25(30(32)33)29(27)24-6-3-2-4-7-24/h2-11,15,21-23H,12-14,16-19H2,1H3,(H,32,33). The molecule has 0 atom stereocenters. The van der Waals surface area contributed by atoms with Gasteiger partial charge in [-0.3, -0.25) is 0 Å². The topological polar surface area (TPSA) is 55.8 Å². The molecule has 4 bridgehead atoms. The van der Waals surface area contributed by atoms with E-state index in [9.17, 15) is 9.90 Å². The third-order valence-electron chi connectivity index (χ3n) is 8.59. The Morgan fingerprint density at radius 2 is 1.57 bits per heavy atom. The first-order valence-electron chi connectivity index (χ1n) is 12.8. The van der Waals surface area contributed by atoms with Crippen molar-refractivity contribution in [2.24, 2.45) is 17.8 Å². The normalized spacial score (nSPS) is 26.5. The lowest BCUT2D eigenvalue weighted by molar-refractivity contribution is -0.00617. The van der Waals surface area contributed by atoms with Gasteiger partial charge in [-0.1, -0.05) is 48.5 Å². The van der Waals surface area contributed by atoms with Crippen molar-refractivity contribution in [3.05, 3.63) is 83.4 Å². The zero-order valence-corrected chi connectivity index (χ0v) is 20.2. The molecule has 1 N–H and O–H groups in total. The molecule has 4 saturated carbocycles. The summed E-state index contributed by atoms with van der Waals surface area (Å²) in [7, 11) is 1.77. The number of carboxylic acid groups (broad SMARTS) is 1. The number of carbonyl (C=O) groups is 1. The number of aromatic carboxylic acids is 1. The van der Waals surface area contributed by atoms with Crippen molar-refractivity contribution in [3.8, 4) is 22.6 Å². The van der Waals surface area contributed by atoms with E-state index in [4.69, 9.17) is 9.47 Å². The smallest absolute Gasteiger partial charge is 0.336 e. The fourth-order valence-electron chi connectivity index (χ4n) is 7.60. The number of ether oxygens (including phenoxy) is 2. The lowest BCUT2D eigenvalue weighted by atomic mass is 9.48. The summed E-state index contributed by atoms with van der Waals surface area (Å²) in [6, 6.07) is 21.3. The van der Waals surface area contributed by atoms with Gasteiger partial charge in [0.05, 0.1) is 12.7 Å². The molecule has 7 rings (SSSR count). The van der Waals surface area contributed by atoms with Gasteiger partial charge in [-0.25, -0.2) is 4.79 Å². The minimum Gasteiger partial charge on any atom is -0.496 e. The molecule has 3 aromatic carbocycles. The number of benzene rings is 3. The molecule has 0 unspecified atom stereocenters. The predicted molar refractivity (Wildman–Crippen MR) is 136 cm³/mol. The molecule has 0 spiro atoms. The Kier molecular flexibility index (Phi) is 5.55. The lowest BCUT2D eigenvalue weighted by Gasteiger charge is -2.57. The highest BCUT2D eigenvalue weighted by Gasteiger charge is 2.52. The highest BCUT2D eigenvalue weighted by atomic mass is 16.5. The third-order valence-corrected chi connectivity index (χ3v) is 8.59. The number of carboxylic acids is 1. The molecule has 4 aliphatic rings. The van der Waals surface area contributed by atoms with E-state index in [1.807, 2.05) is 36.4 Å². The second kappa shape index (κ2) is 8.75. The molecule has 0 radical (unpaired) electrons. The van der Waals surface area contributed by atoms with E-state index in [-0.39, 0.29) is 11.0 Å². The van der Waals surface area contributed by atoms with E-state index in [1.165, 1.54) is 44.1 Å². The van der Waals surface area contributed by atoms with Gasteiger partial charge in [-0.2, -0.15) is 0 Å². The van der Waals surface area contributed by atoms with Crippen molar-refractivity contribution < 1.29 is 19.4 Å². The molecule has 4 nitrogen and oxygen atoms in total. The van der Waals surface area contributed by atoms with E-state index in [2.05, 4.69) is 18.2 Å². The van der Waals surface area contributed by atoms with Gasteiger partial charge < -0.3 is 14.6 Å². The van der Waals surface area contributed by atoms with Gasteiger partial charge in [0, 0.05) is 11.1 Å². The molecule has 180 valence electrons. The summed E-state index contributed by atoms with van der Waals surface area (Å²) < 4.78 is 12.2. The average Bonchev–Trinajstić information content (AvgIpc) is 2.86. The first-order valence-corrected chi connectivity index (χ1v) is 12.8. The molecule has 4 aliphatic carbocycles. The Bertz CT molecular complexity index is 1210. The van der Waals surface area contributed by atoms with Crippen LogP contribution in [0.5, 0.6) is 11.5 Å². The molecule has 0 aromatic heterocycles. The molecule has 35 heavy (non-hydrogen) atoms. The van der Waals surface area contributed by atoms with Crippen LogP contribution in [0.2, 0.25) is 0 Å². The van der Waals surface area contributed by atoms with Gasteiger partial charge in [0.15, 0.2) is 0 Å². The van der Waals surface area contributed by atoms with Crippen LogP contribution < -0.4 is 9.47 Å². The first-order chi connectivity index (χ1) is 17.0. The predicted octanol–water partition coefficient (Wildman–Crippen LogP) is 7.11. The summed E-state index contributed by atoms with van der Waals surface area (Å²) in [4.78, 5) is 11.9. The summed E-state index contributed by atoms with van der Waals surface area (Å²) in [5.41, 5.74) is 4.35. The quantitative estimate of drug-likeness (QED) is 0.402. The molecular weight excluding hydrogens is 436 g/mol. The maximum Gasteiger partial charge on any atom is 0.336 e. The number of hydrogen-bond donors (Lipinski definition) is 1. The van der Waals surface area contributed by atoms with Gasteiger partial charge in [-0.15, -0.1) is 0 Å². The summed E-state index contributed by atoms with van der Waals surface area (Å²) in [6.07, 6.45) is 8.17. The third kappa shape index (κ3) is 3.99. The summed E-state index contributed by atoms with van der Waals surface area (Å²) in [5, 5.41) is 9.78. The zero-order valence-electron chi connectivity index (χ0n) is 20.2. The molecule has 4 heteroatoms. The van der Waals surface area contributed by atoms with Crippen LogP contribution in [0.25, 0.3) is 11.1 Å². The van der Waals surface area contributed by atoms with Crippen LogP contribution in [-0.4, -0.2) is 18.2 Å². The van der Waals surface area contributed by atoms with Crippen LogP contribution in [0.1, 0.15) is 60.0 Å². The van der Waals surface area contributed by atoms with Crippen molar-refractivity contribution in [1.82, 2.24) is 0 Å². The molecule has 4 fully saturated rings. The van der Waals surface area contributed by atoms with Crippen LogP contribution in [-0.2, 0) is 12.0 Å². The fraction of sp³-hybridized carbons (Fsp3) is 0.387. The monoisotopic (exact) mass is 468 g/mol. The molecule has 0 aliphatic heterocycles. The van der Waals surface area contributed by atoms with Gasteiger partial charge in [0.1, 0.15) is 18.1 Å². The van der Waals surface area contributed by atoms with Gasteiger partial charge in [-0.05, 0) is 91.0 Å². The van der Waals surface area contributed by atoms with E-state index in [1.54, 1.807) is 19.2 Å². The van der Waals surface area contributed by atoms with Gasteiger partial charge >= 0.3 is 5.97 Å². The minimum absolute atomic E-state index is 0.239. The summed E-state index contributed by atoms with van der Waals surface area (Å²) >= 11 is 0. The number of hydrogen-bond acceptors (Lipinski definition) is 3. The molecular formula is C31H32O4. The van der Waals surface area contributed by atoms with Gasteiger partial charge in [0.25, 0.3) is 0 Å². The van der Waals surface area contributed by atoms with Crippen LogP contribution >= 0.6 is 0 Å².